The third-order valence-corrected chi connectivity index (χ3v) is 3.45. The van der Waals surface area contributed by atoms with Gasteiger partial charge in [-0.05, 0) is 18.2 Å². The number of aromatic nitrogens is 2. The number of nitrogen functional groups attached to an aromatic ring is 1. The van der Waals surface area contributed by atoms with Gasteiger partial charge in [-0.1, -0.05) is 0 Å². The van der Waals surface area contributed by atoms with Crippen LogP contribution in [0.4, 0.5) is 26.1 Å². The molecule has 0 unspecified atom stereocenters. The van der Waals surface area contributed by atoms with E-state index in [9.17, 15) is 8.78 Å². The van der Waals surface area contributed by atoms with E-state index in [1.54, 1.807) is 17.6 Å². The molecule has 0 aliphatic rings. The number of hydrogen-bond donors (Lipinski definition) is 3. The van der Waals surface area contributed by atoms with Crippen molar-refractivity contribution in [3.05, 3.63) is 41.4 Å². The number of pyridine rings is 1. The zero-order valence-corrected chi connectivity index (χ0v) is 10.8. The first-order valence-corrected chi connectivity index (χ1v) is 6.48. The Morgan fingerprint density at radius 2 is 1.90 bits per heavy atom. The second-order valence-electron chi connectivity index (χ2n) is 3.95. The summed E-state index contributed by atoms with van der Waals surface area (Å²) in [5.74, 6) is 3.12. The number of hydrazine groups is 1. The van der Waals surface area contributed by atoms with Crippen molar-refractivity contribution in [1.29, 1.82) is 0 Å². The molecule has 0 aliphatic heterocycles. The molecule has 8 heteroatoms. The zero-order valence-electron chi connectivity index (χ0n) is 10.0. The SMILES string of the molecule is NNc1nc(Nc2ccc3ncsc3c2)c(F)cc1F. The molecular weight excluding hydrogens is 284 g/mol. The molecule has 20 heavy (non-hydrogen) atoms. The van der Waals surface area contributed by atoms with Crippen LogP contribution in [0.15, 0.2) is 29.8 Å². The first-order chi connectivity index (χ1) is 9.67. The lowest BCUT2D eigenvalue weighted by Gasteiger charge is -2.09. The molecule has 0 fully saturated rings. The smallest absolute Gasteiger partial charge is 0.178 e. The minimum absolute atomic E-state index is 0.108. The Balaban J connectivity index is 1.97. The average Bonchev–Trinajstić information content (AvgIpc) is 2.89. The second kappa shape index (κ2) is 4.99. The van der Waals surface area contributed by atoms with Crippen molar-refractivity contribution in [2.24, 2.45) is 5.84 Å². The van der Waals surface area contributed by atoms with Crippen LogP contribution in [0, 0.1) is 11.6 Å². The summed E-state index contributed by atoms with van der Waals surface area (Å²) >= 11 is 1.47. The van der Waals surface area contributed by atoms with Gasteiger partial charge in [0.05, 0.1) is 15.7 Å². The number of anilines is 3. The summed E-state index contributed by atoms with van der Waals surface area (Å²) in [5, 5.41) is 2.79. The summed E-state index contributed by atoms with van der Waals surface area (Å²) in [5.41, 5.74) is 5.28. The number of halogens is 2. The van der Waals surface area contributed by atoms with Crippen molar-refractivity contribution >= 4 is 38.9 Å². The van der Waals surface area contributed by atoms with E-state index in [1.807, 2.05) is 6.07 Å². The number of fused-ring (bicyclic) bond motifs is 1. The first-order valence-electron chi connectivity index (χ1n) is 5.60. The summed E-state index contributed by atoms with van der Waals surface area (Å²) in [6.45, 7) is 0. The fourth-order valence-corrected chi connectivity index (χ4v) is 2.44. The Labute approximate surface area is 116 Å². The lowest BCUT2D eigenvalue weighted by Crippen LogP contribution is -2.12. The van der Waals surface area contributed by atoms with Gasteiger partial charge in [0.15, 0.2) is 23.3 Å². The van der Waals surface area contributed by atoms with Crippen LogP contribution in [-0.4, -0.2) is 9.97 Å². The summed E-state index contributed by atoms with van der Waals surface area (Å²) in [6, 6.07) is 6.07. The van der Waals surface area contributed by atoms with Crippen LogP contribution in [0.3, 0.4) is 0 Å². The Hall–Kier alpha value is -2.32. The standard InChI is InChI=1S/C12H9F2N5S/c13-7-4-8(14)12(19-15)18-11(7)17-6-1-2-9-10(3-6)20-5-16-9/h1-5H,15H2,(H2,17,18,19). The number of nitrogens with two attached hydrogens (primary N) is 1. The minimum atomic E-state index is -0.853. The molecule has 0 bridgehead atoms. The highest BCUT2D eigenvalue weighted by atomic mass is 32.1. The lowest BCUT2D eigenvalue weighted by molar-refractivity contribution is 0.579. The zero-order chi connectivity index (χ0) is 14.1. The van der Waals surface area contributed by atoms with Gasteiger partial charge in [0.1, 0.15) is 0 Å². The average molecular weight is 293 g/mol. The van der Waals surface area contributed by atoms with Gasteiger partial charge in [-0.2, -0.15) is 0 Å². The van der Waals surface area contributed by atoms with Gasteiger partial charge in [-0.25, -0.2) is 24.6 Å². The maximum Gasteiger partial charge on any atom is 0.178 e. The number of thiazole rings is 1. The molecule has 0 amide bonds. The van der Waals surface area contributed by atoms with Crippen molar-refractivity contribution < 1.29 is 8.78 Å². The highest BCUT2D eigenvalue weighted by molar-refractivity contribution is 7.16. The largest absolute Gasteiger partial charge is 0.338 e. The number of nitrogens with zero attached hydrogens (tertiary/aromatic N) is 2. The maximum absolute atomic E-state index is 13.7. The maximum atomic E-state index is 13.7. The van der Waals surface area contributed by atoms with Gasteiger partial charge in [0, 0.05) is 11.8 Å². The summed E-state index contributed by atoms with van der Waals surface area (Å²) in [7, 11) is 0. The molecule has 2 aromatic heterocycles. The fraction of sp³-hybridized carbons (Fsp3) is 0. The molecule has 0 aliphatic carbocycles. The predicted octanol–water partition coefficient (Wildman–Crippen LogP) is 3.00. The third kappa shape index (κ3) is 2.26. The van der Waals surface area contributed by atoms with Crippen LogP contribution < -0.4 is 16.6 Å². The van der Waals surface area contributed by atoms with Gasteiger partial charge >= 0.3 is 0 Å². The van der Waals surface area contributed by atoms with Crippen molar-refractivity contribution in [2.45, 2.75) is 0 Å². The summed E-state index contributed by atoms with van der Waals surface area (Å²) in [6.07, 6.45) is 0. The molecule has 0 saturated heterocycles. The molecule has 0 atom stereocenters. The Morgan fingerprint density at radius 1 is 1.10 bits per heavy atom. The molecule has 102 valence electrons. The van der Waals surface area contributed by atoms with E-state index in [2.05, 4.69) is 20.7 Å². The topological polar surface area (TPSA) is 75.9 Å². The van der Waals surface area contributed by atoms with E-state index >= 15 is 0 Å². The highest BCUT2D eigenvalue weighted by Crippen LogP contribution is 2.26. The third-order valence-electron chi connectivity index (χ3n) is 2.66. The monoisotopic (exact) mass is 293 g/mol. The van der Waals surface area contributed by atoms with Crippen molar-refractivity contribution in [3.8, 4) is 0 Å². The van der Waals surface area contributed by atoms with Crippen molar-refractivity contribution in [2.75, 3.05) is 10.7 Å². The number of benzene rings is 1. The molecule has 0 spiro atoms. The molecule has 1 aromatic carbocycles. The van der Waals surface area contributed by atoms with E-state index in [4.69, 9.17) is 5.84 Å². The van der Waals surface area contributed by atoms with E-state index in [-0.39, 0.29) is 11.6 Å². The Morgan fingerprint density at radius 3 is 2.70 bits per heavy atom. The molecular formula is C12H9F2N5S. The van der Waals surface area contributed by atoms with Crippen LogP contribution in [0.25, 0.3) is 10.2 Å². The van der Waals surface area contributed by atoms with Crippen LogP contribution in [0.1, 0.15) is 0 Å². The van der Waals surface area contributed by atoms with Crippen molar-refractivity contribution in [1.82, 2.24) is 9.97 Å². The number of hydrogen-bond acceptors (Lipinski definition) is 6. The van der Waals surface area contributed by atoms with Crippen LogP contribution in [-0.2, 0) is 0 Å². The van der Waals surface area contributed by atoms with E-state index in [0.29, 0.717) is 5.69 Å². The van der Waals surface area contributed by atoms with E-state index in [1.165, 1.54) is 11.3 Å². The Kier molecular flexibility index (Phi) is 3.17. The Bertz CT molecular complexity index is 774. The molecule has 3 aromatic rings. The summed E-state index contributed by atoms with van der Waals surface area (Å²) < 4.78 is 27.9. The molecule has 0 radical (unpaired) electrons. The van der Waals surface area contributed by atoms with Crippen molar-refractivity contribution in [3.63, 3.8) is 0 Å². The van der Waals surface area contributed by atoms with E-state index < -0.39 is 11.6 Å². The van der Waals surface area contributed by atoms with Gasteiger partial charge in [-0.15, -0.1) is 11.3 Å². The summed E-state index contributed by atoms with van der Waals surface area (Å²) in [4.78, 5) is 7.89. The lowest BCUT2D eigenvalue weighted by atomic mass is 10.3. The highest BCUT2D eigenvalue weighted by Gasteiger charge is 2.11. The number of rotatable bonds is 3. The van der Waals surface area contributed by atoms with Crippen LogP contribution in [0.5, 0.6) is 0 Å². The molecule has 3 rings (SSSR count). The van der Waals surface area contributed by atoms with Crippen LogP contribution in [0.2, 0.25) is 0 Å². The van der Waals surface area contributed by atoms with Gasteiger partial charge in [0.2, 0.25) is 0 Å². The van der Waals surface area contributed by atoms with Gasteiger partial charge in [0.25, 0.3) is 0 Å². The predicted molar refractivity (Wildman–Crippen MR) is 74.9 cm³/mol. The van der Waals surface area contributed by atoms with Crippen LogP contribution >= 0.6 is 11.3 Å². The minimum Gasteiger partial charge on any atom is -0.338 e. The normalized spacial score (nSPS) is 10.8. The molecule has 5 nitrogen and oxygen atoms in total. The quantitative estimate of drug-likeness (QED) is 0.511. The number of nitrogens with one attached hydrogen (secondary N) is 2. The fourth-order valence-electron chi connectivity index (χ4n) is 1.73. The van der Waals surface area contributed by atoms with Gasteiger partial charge < -0.3 is 10.7 Å². The molecule has 2 heterocycles. The molecule has 0 saturated carbocycles. The van der Waals surface area contributed by atoms with Gasteiger partial charge in [-0.3, -0.25) is 0 Å². The first kappa shape index (κ1) is 12.7. The van der Waals surface area contributed by atoms with E-state index in [0.717, 1.165) is 16.3 Å². The molecule has 4 N–H and O–H groups in total. The second-order valence-corrected chi connectivity index (χ2v) is 4.84.